The summed E-state index contributed by atoms with van der Waals surface area (Å²) in [6.07, 6.45) is -2.61. The Hall–Kier alpha value is -1.34. The van der Waals surface area contributed by atoms with Gasteiger partial charge in [-0.05, 0) is 24.0 Å². The van der Waals surface area contributed by atoms with E-state index in [2.05, 4.69) is 4.74 Å². The average Bonchev–Trinajstić information content (AvgIpc) is 2.71. The van der Waals surface area contributed by atoms with Crippen molar-refractivity contribution in [2.24, 2.45) is 0 Å². The smallest absolute Gasteiger partial charge is 0.399 e. The lowest BCUT2D eigenvalue weighted by atomic mass is 10.2. The van der Waals surface area contributed by atoms with Crippen LogP contribution < -0.4 is 5.73 Å². The van der Waals surface area contributed by atoms with Crippen molar-refractivity contribution in [1.29, 1.82) is 0 Å². The summed E-state index contributed by atoms with van der Waals surface area (Å²) in [6.45, 7) is 0.622. The molecule has 2 aromatic rings. The van der Waals surface area contributed by atoms with Gasteiger partial charge in [-0.2, -0.15) is 13.2 Å². The third-order valence-corrected chi connectivity index (χ3v) is 3.61. The third kappa shape index (κ3) is 3.61. The molecule has 7 heteroatoms. The minimum absolute atomic E-state index is 0.150. The molecule has 0 bridgehead atoms. The van der Waals surface area contributed by atoms with Crippen molar-refractivity contribution in [3.05, 3.63) is 24.4 Å². The van der Waals surface area contributed by atoms with E-state index in [0.29, 0.717) is 5.69 Å². The van der Waals surface area contributed by atoms with Crippen molar-refractivity contribution in [2.75, 3.05) is 18.1 Å². The molecule has 0 aliphatic rings. The fourth-order valence-corrected chi connectivity index (χ4v) is 2.79. The molecule has 2 N–H and O–H groups in total. The first kappa shape index (κ1) is 15.1. The van der Waals surface area contributed by atoms with E-state index in [9.17, 15) is 13.2 Å². The molecule has 0 aliphatic carbocycles. The van der Waals surface area contributed by atoms with Crippen molar-refractivity contribution < 1.29 is 17.9 Å². The highest BCUT2D eigenvalue weighted by Gasteiger charge is 2.27. The van der Waals surface area contributed by atoms with Gasteiger partial charge in [0.1, 0.15) is 13.3 Å². The van der Waals surface area contributed by atoms with Crippen LogP contribution in [0.3, 0.4) is 0 Å². The van der Waals surface area contributed by atoms with E-state index in [0.717, 1.165) is 21.6 Å². The van der Waals surface area contributed by atoms with Crippen molar-refractivity contribution in [1.82, 2.24) is 4.57 Å². The summed E-state index contributed by atoms with van der Waals surface area (Å²) in [5, 5.41) is 0.974. The number of nitrogen functional groups attached to an aromatic ring is 1. The Bertz CT molecular complexity index is 595. The Balaban J connectivity index is 2.23. The number of aromatic nitrogens is 1. The number of thioether (sulfide) groups is 1. The second-order valence-electron chi connectivity index (χ2n) is 4.26. The van der Waals surface area contributed by atoms with Crippen molar-refractivity contribution in [3.63, 3.8) is 0 Å². The number of hydrogen-bond acceptors (Lipinski definition) is 3. The van der Waals surface area contributed by atoms with Crippen LogP contribution in [-0.4, -0.2) is 23.1 Å². The second-order valence-corrected chi connectivity index (χ2v) is 5.57. The molecule has 0 spiro atoms. The number of fused-ring (bicyclic) bond motifs is 1. The lowest BCUT2D eigenvalue weighted by molar-refractivity contribution is -0.181. The van der Waals surface area contributed by atoms with E-state index in [-0.39, 0.29) is 6.73 Å². The second kappa shape index (κ2) is 5.97. The highest BCUT2D eigenvalue weighted by atomic mass is 32.2. The molecular weight excluding hydrogens is 289 g/mol. The molecule has 0 saturated heterocycles. The van der Waals surface area contributed by atoms with Crippen LogP contribution in [0.4, 0.5) is 18.9 Å². The largest absolute Gasteiger partial charge is 0.411 e. The fourth-order valence-electron chi connectivity index (χ4n) is 1.93. The SMILES string of the molecule is CCSc1cc(N)cc2c1ccn2COCC(F)(F)F. The highest BCUT2D eigenvalue weighted by molar-refractivity contribution is 7.99. The topological polar surface area (TPSA) is 40.2 Å². The molecule has 3 nitrogen and oxygen atoms in total. The maximum Gasteiger partial charge on any atom is 0.411 e. The van der Waals surface area contributed by atoms with E-state index in [1.165, 1.54) is 0 Å². The van der Waals surface area contributed by atoms with E-state index < -0.39 is 12.8 Å². The minimum atomic E-state index is -4.31. The molecule has 1 heterocycles. The molecule has 0 aliphatic heterocycles. The van der Waals surface area contributed by atoms with Crippen LogP contribution in [0.2, 0.25) is 0 Å². The quantitative estimate of drug-likeness (QED) is 0.673. The molecule has 0 atom stereocenters. The summed E-state index contributed by atoms with van der Waals surface area (Å²) in [4.78, 5) is 1.03. The fraction of sp³-hybridized carbons (Fsp3) is 0.385. The molecule has 1 aromatic carbocycles. The molecule has 0 saturated carbocycles. The summed E-state index contributed by atoms with van der Waals surface area (Å²) in [5.74, 6) is 0.897. The van der Waals surface area contributed by atoms with Gasteiger partial charge in [0.15, 0.2) is 0 Å². The average molecular weight is 304 g/mol. The number of anilines is 1. The van der Waals surface area contributed by atoms with Crippen molar-refractivity contribution in [3.8, 4) is 0 Å². The molecule has 110 valence electrons. The predicted octanol–water partition coefficient (Wildman–Crippen LogP) is 3.87. The Morgan fingerprint density at radius 1 is 1.35 bits per heavy atom. The summed E-state index contributed by atoms with van der Waals surface area (Å²) >= 11 is 1.65. The van der Waals surface area contributed by atoms with Gasteiger partial charge >= 0.3 is 6.18 Å². The number of rotatable bonds is 5. The maximum absolute atomic E-state index is 12.1. The van der Waals surface area contributed by atoms with Crippen molar-refractivity contribution in [2.45, 2.75) is 24.7 Å². The molecule has 1 aromatic heterocycles. The van der Waals surface area contributed by atoms with Crippen LogP contribution >= 0.6 is 11.8 Å². The zero-order chi connectivity index (χ0) is 14.8. The first-order valence-electron chi connectivity index (χ1n) is 6.06. The number of ether oxygens (including phenoxy) is 1. The summed E-state index contributed by atoms with van der Waals surface area (Å²) in [5.41, 5.74) is 7.20. The van der Waals surface area contributed by atoms with Crippen LogP contribution in [0, 0.1) is 0 Å². The third-order valence-electron chi connectivity index (χ3n) is 2.67. The number of halogens is 3. The summed E-state index contributed by atoms with van der Waals surface area (Å²) in [6, 6.07) is 5.48. The first-order valence-corrected chi connectivity index (χ1v) is 7.05. The van der Waals surface area contributed by atoms with E-state index >= 15 is 0 Å². The Labute approximate surface area is 118 Å². The van der Waals surface area contributed by atoms with Crippen LogP contribution in [0.25, 0.3) is 10.9 Å². The zero-order valence-corrected chi connectivity index (χ0v) is 11.7. The van der Waals surface area contributed by atoms with Gasteiger partial charge in [-0.25, -0.2) is 0 Å². The van der Waals surface area contributed by atoms with Crippen LogP contribution in [-0.2, 0) is 11.5 Å². The normalized spacial score (nSPS) is 12.2. The number of benzene rings is 1. The first-order chi connectivity index (χ1) is 9.40. The van der Waals surface area contributed by atoms with Gasteiger partial charge in [0, 0.05) is 22.2 Å². The van der Waals surface area contributed by atoms with Gasteiger partial charge in [0.25, 0.3) is 0 Å². The van der Waals surface area contributed by atoms with E-state index in [1.807, 2.05) is 19.1 Å². The molecule has 0 amide bonds. The highest BCUT2D eigenvalue weighted by Crippen LogP contribution is 2.31. The van der Waals surface area contributed by atoms with E-state index in [4.69, 9.17) is 5.73 Å². The zero-order valence-electron chi connectivity index (χ0n) is 10.9. The maximum atomic E-state index is 12.1. The lowest BCUT2D eigenvalue weighted by Crippen LogP contribution is -2.18. The lowest BCUT2D eigenvalue weighted by Gasteiger charge is -2.10. The van der Waals surface area contributed by atoms with E-state index in [1.54, 1.807) is 28.6 Å². The number of alkyl halides is 3. The molecule has 0 radical (unpaired) electrons. The molecule has 20 heavy (non-hydrogen) atoms. The predicted molar refractivity (Wildman–Crippen MR) is 74.8 cm³/mol. The van der Waals surface area contributed by atoms with Gasteiger partial charge in [0.2, 0.25) is 0 Å². The summed E-state index contributed by atoms with van der Waals surface area (Å²) in [7, 11) is 0. The van der Waals surface area contributed by atoms with Gasteiger partial charge in [0.05, 0.1) is 5.52 Å². The Kier molecular flexibility index (Phi) is 4.49. The number of hydrogen-bond donors (Lipinski definition) is 1. The Morgan fingerprint density at radius 2 is 2.10 bits per heavy atom. The minimum Gasteiger partial charge on any atom is -0.399 e. The van der Waals surface area contributed by atoms with Crippen LogP contribution in [0.15, 0.2) is 29.3 Å². The molecular formula is C13H15F3N2OS. The number of nitrogens with two attached hydrogens (primary N) is 1. The summed E-state index contributed by atoms with van der Waals surface area (Å²) < 4.78 is 42.5. The molecule has 0 unspecified atom stereocenters. The molecule has 0 fully saturated rings. The van der Waals surface area contributed by atoms with Gasteiger partial charge < -0.3 is 15.0 Å². The monoisotopic (exact) mass is 304 g/mol. The van der Waals surface area contributed by atoms with Gasteiger partial charge in [-0.3, -0.25) is 0 Å². The van der Waals surface area contributed by atoms with Crippen LogP contribution in [0.1, 0.15) is 6.92 Å². The van der Waals surface area contributed by atoms with Gasteiger partial charge in [-0.15, -0.1) is 11.8 Å². The molecule has 2 rings (SSSR count). The Morgan fingerprint density at radius 3 is 2.75 bits per heavy atom. The number of nitrogens with zero attached hydrogens (tertiary/aromatic N) is 1. The van der Waals surface area contributed by atoms with Gasteiger partial charge in [-0.1, -0.05) is 6.92 Å². The van der Waals surface area contributed by atoms with Crippen molar-refractivity contribution >= 4 is 28.4 Å². The standard InChI is InChI=1S/C13H15F3N2OS/c1-2-20-12-6-9(17)5-11-10(12)3-4-18(11)8-19-7-13(14,15)16/h3-6H,2,7-8,17H2,1H3. The van der Waals surface area contributed by atoms with Crippen LogP contribution in [0.5, 0.6) is 0 Å².